The molecular weight excluding hydrogens is 319 g/mol. The lowest BCUT2D eigenvalue weighted by molar-refractivity contribution is -0.148. The van der Waals surface area contributed by atoms with Gasteiger partial charge in [0, 0.05) is 4.43 Å². The number of alkyl halides is 1. The number of carbonyl (C=O) groups excluding carboxylic acids is 1. The molecular formula is C8H15IO6. The van der Waals surface area contributed by atoms with Crippen LogP contribution in [-0.2, 0) is 9.53 Å². The van der Waals surface area contributed by atoms with Gasteiger partial charge in [-0.3, -0.25) is 0 Å². The molecule has 6 nitrogen and oxygen atoms in total. The van der Waals surface area contributed by atoms with Gasteiger partial charge in [0.1, 0.15) is 24.4 Å². The Balaban J connectivity index is 4.38. The number of carbonyl (C=O) groups is 1. The molecule has 7 heteroatoms. The van der Waals surface area contributed by atoms with Crippen molar-refractivity contribution in [1.29, 1.82) is 0 Å². The maximum atomic E-state index is 10.3. The molecule has 0 heterocycles. The number of aliphatic hydroxyl groups excluding tert-OH is 4. The standard InChI is InChI=1S/C8H15IO6/c9-1-2-15-8(6(13)4-11)7(14)5(12)3-10/h4-8,10,12-14H,1-3H2. The van der Waals surface area contributed by atoms with Gasteiger partial charge < -0.3 is 30.0 Å². The zero-order valence-corrected chi connectivity index (χ0v) is 10.1. The highest BCUT2D eigenvalue weighted by Crippen LogP contribution is 2.09. The van der Waals surface area contributed by atoms with Gasteiger partial charge in [-0.25, -0.2) is 0 Å². The lowest BCUT2D eigenvalue weighted by Crippen LogP contribution is -2.48. The van der Waals surface area contributed by atoms with E-state index in [2.05, 4.69) is 0 Å². The Morgan fingerprint density at radius 1 is 1.33 bits per heavy atom. The molecule has 90 valence electrons. The summed E-state index contributed by atoms with van der Waals surface area (Å²) in [5.74, 6) is 0. The van der Waals surface area contributed by atoms with Gasteiger partial charge in [0.05, 0.1) is 13.2 Å². The number of rotatable bonds is 8. The fraction of sp³-hybridized carbons (Fsp3) is 0.875. The second-order valence-electron chi connectivity index (χ2n) is 2.89. The van der Waals surface area contributed by atoms with Crippen LogP contribution in [0.2, 0.25) is 0 Å². The van der Waals surface area contributed by atoms with E-state index in [-0.39, 0.29) is 12.9 Å². The normalized spacial score (nSPS) is 19.3. The molecule has 0 spiro atoms. The smallest absolute Gasteiger partial charge is 0.151 e. The van der Waals surface area contributed by atoms with Crippen molar-refractivity contribution in [3.05, 3.63) is 0 Å². The van der Waals surface area contributed by atoms with Crippen LogP contribution in [-0.4, -0.2) is 68.8 Å². The summed E-state index contributed by atoms with van der Waals surface area (Å²) in [5.41, 5.74) is 0. The van der Waals surface area contributed by atoms with Gasteiger partial charge in [0.2, 0.25) is 0 Å². The van der Waals surface area contributed by atoms with Gasteiger partial charge in [-0.15, -0.1) is 0 Å². The first kappa shape index (κ1) is 15.2. The molecule has 0 aromatic rings. The highest BCUT2D eigenvalue weighted by Gasteiger charge is 2.32. The Kier molecular flexibility index (Phi) is 8.47. The lowest BCUT2D eigenvalue weighted by atomic mass is 10.0. The predicted molar refractivity (Wildman–Crippen MR) is 59.8 cm³/mol. The van der Waals surface area contributed by atoms with Gasteiger partial charge in [-0.2, -0.15) is 0 Å². The quantitative estimate of drug-likeness (QED) is 0.234. The Morgan fingerprint density at radius 3 is 2.33 bits per heavy atom. The maximum absolute atomic E-state index is 10.3. The summed E-state index contributed by atoms with van der Waals surface area (Å²) in [6.07, 6.45) is -5.48. The second kappa shape index (κ2) is 8.36. The molecule has 15 heavy (non-hydrogen) atoms. The van der Waals surface area contributed by atoms with E-state index in [0.29, 0.717) is 4.43 Å². The van der Waals surface area contributed by atoms with E-state index >= 15 is 0 Å². The topological polar surface area (TPSA) is 107 Å². The summed E-state index contributed by atoms with van der Waals surface area (Å²) in [6, 6.07) is 0. The summed E-state index contributed by atoms with van der Waals surface area (Å²) >= 11 is 2.02. The van der Waals surface area contributed by atoms with Crippen molar-refractivity contribution < 1.29 is 30.0 Å². The molecule has 0 radical (unpaired) electrons. The second-order valence-corrected chi connectivity index (χ2v) is 3.97. The summed E-state index contributed by atoms with van der Waals surface area (Å²) in [7, 11) is 0. The highest BCUT2D eigenvalue weighted by molar-refractivity contribution is 14.1. The first-order valence-corrected chi connectivity index (χ1v) is 5.89. The molecule has 4 unspecified atom stereocenters. The Morgan fingerprint density at radius 2 is 1.93 bits per heavy atom. The molecule has 0 aromatic carbocycles. The molecule has 0 aromatic heterocycles. The van der Waals surface area contributed by atoms with Gasteiger partial charge in [-0.05, 0) is 0 Å². The van der Waals surface area contributed by atoms with Crippen LogP contribution in [0, 0.1) is 0 Å². The number of halogens is 1. The number of hydrogen-bond acceptors (Lipinski definition) is 6. The van der Waals surface area contributed by atoms with E-state index in [0.717, 1.165) is 0 Å². The summed E-state index contributed by atoms with van der Waals surface area (Å²) in [6.45, 7) is -0.442. The zero-order valence-electron chi connectivity index (χ0n) is 7.99. The Labute approximate surface area is 101 Å². The van der Waals surface area contributed by atoms with Crippen LogP contribution in [0.4, 0.5) is 0 Å². The van der Waals surface area contributed by atoms with Crippen molar-refractivity contribution in [2.24, 2.45) is 0 Å². The van der Waals surface area contributed by atoms with Crippen LogP contribution in [0.1, 0.15) is 0 Å². The van der Waals surface area contributed by atoms with Crippen molar-refractivity contribution in [2.75, 3.05) is 17.6 Å². The number of hydrogen-bond donors (Lipinski definition) is 4. The average molecular weight is 334 g/mol. The molecule has 0 saturated heterocycles. The van der Waals surface area contributed by atoms with Crippen LogP contribution in [0.15, 0.2) is 0 Å². The molecule has 0 bridgehead atoms. The third-order valence-corrected chi connectivity index (χ3v) is 2.22. The van der Waals surface area contributed by atoms with Gasteiger partial charge in [0.25, 0.3) is 0 Å². The first-order chi connectivity index (χ1) is 7.08. The third kappa shape index (κ3) is 5.18. The summed E-state index contributed by atoms with van der Waals surface area (Å²) in [5, 5.41) is 36.4. The fourth-order valence-electron chi connectivity index (χ4n) is 0.984. The lowest BCUT2D eigenvalue weighted by Gasteiger charge is -2.27. The predicted octanol–water partition coefficient (Wildman–Crippen LogP) is -1.92. The van der Waals surface area contributed by atoms with E-state index in [9.17, 15) is 15.0 Å². The molecule has 0 amide bonds. The van der Waals surface area contributed by atoms with Crippen molar-refractivity contribution in [3.8, 4) is 0 Å². The number of aldehydes is 1. The largest absolute Gasteiger partial charge is 0.394 e. The molecule has 4 atom stereocenters. The SMILES string of the molecule is O=CC(O)C(OCCI)C(O)C(O)CO. The van der Waals surface area contributed by atoms with Crippen LogP contribution >= 0.6 is 22.6 Å². The van der Waals surface area contributed by atoms with Crippen LogP contribution in [0.25, 0.3) is 0 Å². The van der Waals surface area contributed by atoms with Crippen molar-refractivity contribution in [3.63, 3.8) is 0 Å². The summed E-state index contributed by atoms with van der Waals surface area (Å²) in [4.78, 5) is 10.3. The van der Waals surface area contributed by atoms with Crippen LogP contribution < -0.4 is 0 Å². The fourth-order valence-corrected chi connectivity index (χ4v) is 1.24. The third-order valence-electron chi connectivity index (χ3n) is 1.78. The van der Waals surface area contributed by atoms with Crippen molar-refractivity contribution in [2.45, 2.75) is 24.4 Å². The first-order valence-electron chi connectivity index (χ1n) is 4.36. The van der Waals surface area contributed by atoms with E-state index in [1.807, 2.05) is 22.6 Å². The molecule has 0 saturated carbocycles. The average Bonchev–Trinajstić information content (AvgIpc) is 2.27. The van der Waals surface area contributed by atoms with Gasteiger partial charge in [-0.1, -0.05) is 22.6 Å². The van der Waals surface area contributed by atoms with E-state index in [4.69, 9.17) is 14.9 Å². The van der Waals surface area contributed by atoms with Gasteiger partial charge >= 0.3 is 0 Å². The Hall–Kier alpha value is 0.200. The van der Waals surface area contributed by atoms with Gasteiger partial charge in [0.15, 0.2) is 6.29 Å². The molecule has 0 rings (SSSR count). The number of ether oxygens (including phenoxy) is 1. The van der Waals surface area contributed by atoms with E-state index < -0.39 is 31.0 Å². The van der Waals surface area contributed by atoms with Crippen molar-refractivity contribution in [1.82, 2.24) is 0 Å². The Bertz CT molecular complexity index is 179. The van der Waals surface area contributed by atoms with Crippen LogP contribution in [0.5, 0.6) is 0 Å². The molecule has 0 aliphatic carbocycles. The minimum Gasteiger partial charge on any atom is -0.394 e. The highest BCUT2D eigenvalue weighted by atomic mass is 127. The van der Waals surface area contributed by atoms with Crippen molar-refractivity contribution >= 4 is 28.9 Å². The molecule has 0 aliphatic rings. The van der Waals surface area contributed by atoms with E-state index in [1.165, 1.54) is 0 Å². The minimum atomic E-state index is -1.52. The zero-order chi connectivity index (χ0) is 11.8. The molecule has 0 fully saturated rings. The number of aliphatic hydroxyl groups is 4. The maximum Gasteiger partial charge on any atom is 0.151 e. The summed E-state index contributed by atoms with van der Waals surface area (Å²) < 4.78 is 5.63. The molecule has 4 N–H and O–H groups in total. The van der Waals surface area contributed by atoms with Crippen LogP contribution in [0.3, 0.4) is 0 Å². The molecule has 0 aliphatic heterocycles. The monoisotopic (exact) mass is 334 g/mol. The van der Waals surface area contributed by atoms with E-state index in [1.54, 1.807) is 0 Å². The minimum absolute atomic E-state index is 0.213.